The van der Waals surface area contributed by atoms with Crippen LogP contribution in [-0.2, 0) is 0 Å². The third-order valence-electron chi connectivity index (χ3n) is 4.42. The van der Waals surface area contributed by atoms with E-state index in [2.05, 4.69) is 19.9 Å². The van der Waals surface area contributed by atoms with Gasteiger partial charge in [0.2, 0.25) is 11.8 Å². The summed E-state index contributed by atoms with van der Waals surface area (Å²) in [7, 11) is 1.57. The first-order valence-corrected chi connectivity index (χ1v) is 9.97. The minimum atomic E-state index is 0.120. The van der Waals surface area contributed by atoms with Crippen molar-refractivity contribution in [1.82, 2.24) is 19.9 Å². The van der Waals surface area contributed by atoms with Crippen molar-refractivity contribution in [2.24, 2.45) is 0 Å². The van der Waals surface area contributed by atoms with Crippen molar-refractivity contribution >= 4 is 17.5 Å². The quantitative estimate of drug-likeness (QED) is 0.512. The minimum absolute atomic E-state index is 0.120. The molecule has 9 heteroatoms. The van der Waals surface area contributed by atoms with Crippen molar-refractivity contribution in [3.05, 3.63) is 47.5 Å². The Morgan fingerprint density at radius 3 is 2.67 bits per heavy atom. The zero-order chi connectivity index (χ0) is 21.5. The van der Waals surface area contributed by atoms with Crippen LogP contribution >= 0.6 is 11.6 Å². The maximum atomic E-state index is 9.09. The van der Waals surface area contributed by atoms with Crippen LogP contribution in [0.25, 0.3) is 11.3 Å². The second-order valence-corrected chi connectivity index (χ2v) is 6.83. The molecule has 8 nitrogen and oxygen atoms in total. The molecule has 0 saturated carbocycles. The van der Waals surface area contributed by atoms with Crippen molar-refractivity contribution in [3.8, 4) is 28.6 Å². The highest BCUT2D eigenvalue weighted by Crippen LogP contribution is 2.31. The molecule has 3 rings (SSSR count). The smallest absolute Gasteiger partial charge is 0.228 e. The van der Waals surface area contributed by atoms with Crippen LogP contribution < -0.4 is 14.4 Å². The molecule has 0 aliphatic rings. The van der Waals surface area contributed by atoms with Gasteiger partial charge in [-0.2, -0.15) is 4.98 Å². The predicted molar refractivity (Wildman–Crippen MR) is 115 cm³/mol. The Morgan fingerprint density at radius 1 is 1.17 bits per heavy atom. The summed E-state index contributed by atoms with van der Waals surface area (Å²) in [5.41, 5.74) is 2.06. The molecule has 0 aliphatic heterocycles. The summed E-state index contributed by atoms with van der Waals surface area (Å²) in [5, 5.41) is 9.44. The van der Waals surface area contributed by atoms with E-state index in [1.807, 2.05) is 30.9 Å². The number of nitrogens with zero attached hydrogens (tertiary/aromatic N) is 5. The summed E-state index contributed by atoms with van der Waals surface area (Å²) in [4.78, 5) is 19.6. The van der Waals surface area contributed by atoms with Crippen molar-refractivity contribution in [2.45, 2.75) is 20.3 Å². The van der Waals surface area contributed by atoms with Crippen LogP contribution in [0.15, 0.2) is 36.7 Å². The molecule has 0 aliphatic carbocycles. The highest BCUT2D eigenvalue weighted by atomic mass is 35.5. The Labute approximate surface area is 180 Å². The molecule has 3 heterocycles. The molecule has 158 valence electrons. The Hall–Kier alpha value is -2.97. The Bertz CT molecular complexity index is 1000. The Kier molecular flexibility index (Phi) is 7.37. The van der Waals surface area contributed by atoms with Gasteiger partial charge >= 0.3 is 0 Å². The van der Waals surface area contributed by atoms with Gasteiger partial charge in [0.25, 0.3) is 0 Å². The lowest BCUT2D eigenvalue weighted by Gasteiger charge is -2.21. The molecule has 0 spiro atoms. The van der Waals surface area contributed by atoms with Gasteiger partial charge in [0, 0.05) is 38.2 Å². The van der Waals surface area contributed by atoms with E-state index in [0.29, 0.717) is 58.4 Å². The summed E-state index contributed by atoms with van der Waals surface area (Å²) in [5.74, 6) is 2.18. The standard InChI is InChI=1S/C21H24ClN5O3/c1-4-27(10-5-11-28)21-24-13-16(20(26-21)29-3)17-6-7-18(14(2)25-17)30-15-8-9-23-19(22)12-15/h6-9,12-13,28H,4-5,10-11H2,1-3H3. The molecule has 3 aromatic rings. The van der Waals surface area contributed by atoms with Gasteiger partial charge in [-0.25, -0.2) is 15.0 Å². The van der Waals surface area contributed by atoms with E-state index >= 15 is 0 Å². The van der Waals surface area contributed by atoms with Crippen molar-refractivity contribution in [2.75, 3.05) is 31.7 Å². The normalized spacial score (nSPS) is 10.7. The number of hydrogen-bond donors (Lipinski definition) is 1. The summed E-state index contributed by atoms with van der Waals surface area (Å²) < 4.78 is 11.4. The molecule has 0 bridgehead atoms. The number of hydrogen-bond acceptors (Lipinski definition) is 8. The number of rotatable bonds is 9. The fourth-order valence-corrected chi connectivity index (χ4v) is 3.05. The lowest BCUT2D eigenvalue weighted by Crippen LogP contribution is -2.26. The highest BCUT2D eigenvalue weighted by molar-refractivity contribution is 6.29. The lowest BCUT2D eigenvalue weighted by molar-refractivity contribution is 0.289. The van der Waals surface area contributed by atoms with Crippen LogP contribution in [0.5, 0.6) is 17.4 Å². The van der Waals surface area contributed by atoms with E-state index in [9.17, 15) is 0 Å². The van der Waals surface area contributed by atoms with Gasteiger partial charge in [0.15, 0.2) is 0 Å². The van der Waals surface area contributed by atoms with Crippen molar-refractivity contribution in [3.63, 3.8) is 0 Å². The first-order chi connectivity index (χ1) is 14.5. The summed E-state index contributed by atoms with van der Waals surface area (Å²) in [6.45, 7) is 5.38. The van der Waals surface area contributed by atoms with Crippen LogP contribution in [0, 0.1) is 6.92 Å². The average Bonchev–Trinajstić information content (AvgIpc) is 2.75. The predicted octanol–water partition coefficient (Wildman–Crippen LogP) is 3.91. The monoisotopic (exact) mass is 429 g/mol. The van der Waals surface area contributed by atoms with E-state index in [0.717, 1.165) is 6.54 Å². The SMILES string of the molecule is CCN(CCCO)c1ncc(-c2ccc(Oc3ccnc(Cl)c3)c(C)n2)c(OC)n1. The third-order valence-corrected chi connectivity index (χ3v) is 4.63. The number of ether oxygens (including phenoxy) is 2. The molecule has 0 saturated heterocycles. The van der Waals surface area contributed by atoms with Gasteiger partial charge in [-0.3, -0.25) is 0 Å². The van der Waals surface area contributed by atoms with E-state index < -0.39 is 0 Å². The molecule has 0 fully saturated rings. The number of methoxy groups -OCH3 is 1. The zero-order valence-corrected chi connectivity index (χ0v) is 17.9. The molecule has 0 radical (unpaired) electrons. The first-order valence-electron chi connectivity index (χ1n) is 9.60. The third kappa shape index (κ3) is 5.14. The molecule has 0 amide bonds. The van der Waals surface area contributed by atoms with Gasteiger partial charge in [-0.1, -0.05) is 11.6 Å². The minimum Gasteiger partial charge on any atom is -0.480 e. The molecule has 3 aromatic heterocycles. The van der Waals surface area contributed by atoms with Gasteiger partial charge in [-0.05, 0) is 38.5 Å². The number of halogens is 1. The van der Waals surface area contributed by atoms with Gasteiger partial charge in [0.05, 0.1) is 24.1 Å². The van der Waals surface area contributed by atoms with Gasteiger partial charge in [0.1, 0.15) is 16.7 Å². The average molecular weight is 430 g/mol. The zero-order valence-electron chi connectivity index (χ0n) is 17.2. The molecule has 0 atom stereocenters. The van der Waals surface area contributed by atoms with E-state index in [4.69, 9.17) is 26.2 Å². The Balaban J connectivity index is 1.87. The van der Waals surface area contributed by atoms with E-state index in [-0.39, 0.29) is 6.61 Å². The van der Waals surface area contributed by atoms with Crippen LogP contribution in [0.2, 0.25) is 5.15 Å². The summed E-state index contributed by atoms with van der Waals surface area (Å²) in [6.07, 6.45) is 3.93. The molecule has 30 heavy (non-hydrogen) atoms. The molecular formula is C21H24ClN5O3. The summed E-state index contributed by atoms with van der Waals surface area (Å²) >= 11 is 5.91. The number of aliphatic hydroxyl groups is 1. The van der Waals surface area contributed by atoms with Gasteiger partial charge in [-0.15, -0.1) is 0 Å². The van der Waals surface area contributed by atoms with E-state index in [1.54, 1.807) is 31.6 Å². The second kappa shape index (κ2) is 10.2. The number of pyridine rings is 2. The van der Waals surface area contributed by atoms with Crippen LogP contribution in [0.4, 0.5) is 5.95 Å². The number of aromatic nitrogens is 4. The van der Waals surface area contributed by atoms with Crippen LogP contribution in [-0.4, -0.2) is 51.8 Å². The van der Waals surface area contributed by atoms with Crippen molar-refractivity contribution in [1.29, 1.82) is 0 Å². The first kappa shape index (κ1) is 21.7. The Morgan fingerprint density at radius 2 is 2.00 bits per heavy atom. The largest absolute Gasteiger partial charge is 0.480 e. The fourth-order valence-electron chi connectivity index (χ4n) is 2.88. The lowest BCUT2D eigenvalue weighted by atomic mass is 10.2. The van der Waals surface area contributed by atoms with Crippen LogP contribution in [0.1, 0.15) is 19.0 Å². The fraction of sp³-hybridized carbons (Fsp3) is 0.333. The van der Waals surface area contributed by atoms with E-state index in [1.165, 1.54) is 0 Å². The number of aryl methyl sites for hydroxylation is 1. The molecule has 0 aromatic carbocycles. The molecular weight excluding hydrogens is 406 g/mol. The number of anilines is 1. The maximum absolute atomic E-state index is 9.09. The highest BCUT2D eigenvalue weighted by Gasteiger charge is 2.16. The van der Waals surface area contributed by atoms with Gasteiger partial charge < -0.3 is 19.5 Å². The maximum Gasteiger partial charge on any atom is 0.228 e. The van der Waals surface area contributed by atoms with Crippen LogP contribution in [0.3, 0.4) is 0 Å². The molecule has 0 unspecified atom stereocenters. The molecule has 1 N–H and O–H groups in total. The van der Waals surface area contributed by atoms with Crippen molar-refractivity contribution < 1.29 is 14.6 Å². The second-order valence-electron chi connectivity index (χ2n) is 6.45. The topological polar surface area (TPSA) is 93.5 Å². The summed E-state index contributed by atoms with van der Waals surface area (Å²) in [6, 6.07) is 7.03. The number of aliphatic hydroxyl groups excluding tert-OH is 1.